The molecule has 1 heteroatoms. The minimum absolute atomic E-state index is 0.205. The van der Waals surface area contributed by atoms with Crippen molar-refractivity contribution in [1.29, 1.82) is 0 Å². The van der Waals surface area contributed by atoms with Gasteiger partial charge < -0.3 is 0 Å². The Balaban J connectivity index is 1.53. The molecule has 17 heavy (non-hydrogen) atoms. The van der Waals surface area contributed by atoms with Crippen molar-refractivity contribution in [1.82, 2.24) is 0 Å². The van der Waals surface area contributed by atoms with Crippen LogP contribution in [0.1, 0.15) is 19.3 Å². The molecule has 0 N–H and O–H groups in total. The molecule has 1 aliphatic heterocycles. The van der Waals surface area contributed by atoms with Crippen LogP contribution in [0.2, 0.25) is 0 Å². The summed E-state index contributed by atoms with van der Waals surface area (Å²) in [5.74, 6) is 5.87. The zero-order valence-electron chi connectivity index (χ0n) is 10.1. The predicted molar refractivity (Wildman–Crippen MR) is 73.0 cm³/mol. The summed E-state index contributed by atoms with van der Waals surface area (Å²) in [4.78, 5) is 0. The Labute approximate surface area is 105 Å². The lowest BCUT2D eigenvalue weighted by Gasteiger charge is -2.29. The molecule has 4 aliphatic rings. The van der Waals surface area contributed by atoms with Gasteiger partial charge in [-0.15, -0.1) is 0 Å². The first-order chi connectivity index (χ1) is 8.43. The third kappa shape index (κ3) is 1.14. The van der Waals surface area contributed by atoms with Crippen LogP contribution in [0.3, 0.4) is 0 Å². The Bertz CT molecular complexity index is 452. The van der Waals surface area contributed by atoms with Crippen molar-refractivity contribution in [2.45, 2.75) is 24.9 Å². The van der Waals surface area contributed by atoms with Crippen LogP contribution in [-0.4, -0.2) is 11.8 Å². The van der Waals surface area contributed by atoms with E-state index in [1.54, 1.807) is 30.7 Å². The average Bonchev–Trinajstić information content (AvgIpc) is 2.80. The molecule has 0 radical (unpaired) electrons. The van der Waals surface area contributed by atoms with Gasteiger partial charge in [-0.3, -0.25) is 0 Å². The van der Waals surface area contributed by atoms with Crippen molar-refractivity contribution in [3.63, 3.8) is 0 Å². The molecule has 1 heterocycles. The molecule has 3 saturated carbocycles. The van der Waals surface area contributed by atoms with Crippen molar-refractivity contribution < 1.29 is 0 Å². The van der Waals surface area contributed by atoms with Crippen LogP contribution in [0.15, 0.2) is 30.3 Å². The van der Waals surface area contributed by atoms with Gasteiger partial charge in [0, 0.05) is 0 Å². The van der Waals surface area contributed by atoms with Crippen LogP contribution in [0.4, 0.5) is 0 Å². The summed E-state index contributed by atoms with van der Waals surface area (Å²) in [5, 5.41) is 1.71. The maximum atomic E-state index is 2.41. The van der Waals surface area contributed by atoms with Gasteiger partial charge in [0.25, 0.3) is 0 Å². The zero-order chi connectivity index (χ0) is 11.0. The van der Waals surface area contributed by atoms with Crippen LogP contribution in [0, 0.1) is 29.6 Å². The van der Waals surface area contributed by atoms with Crippen molar-refractivity contribution in [2.75, 3.05) is 6.16 Å². The average molecular weight is 242 g/mol. The summed E-state index contributed by atoms with van der Waals surface area (Å²) in [7, 11) is 0.205. The summed E-state index contributed by atoms with van der Waals surface area (Å²) < 4.78 is 0. The van der Waals surface area contributed by atoms with E-state index in [-0.39, 0.29) is 7.92 Å². The smallest absolute Gasteiger partial charge is 0.0107 e. The lowest BCUT2D eigenvalue weighted by Crippen LogP contribution is -2.25. The standard InChI is InChI=1S/C16H19P/c1-2-4-10(5-3-1)17-7-6-11-12-9-15(16(11)17)14-8-13(12)14/h1-5,11-16H,6-9H2. The summed E-state index contributed by atoms with van der Waals surface area (Å²) >= 11 is 0. The van der Waals surface area contributed by atoms with Crippen LogP contribution in [0.25, 0.3) is 0 Å². The van der Waals surface area contributed by atoms with Crippen LogP contribution in [-0.2, 0) is 0 Å². The normalized spacial score (nSPS) is 53.5. The lowest BCUT2D eigenvalue weighted by atomic mass is 9.87. The van der Waals surface area contributed by atoms with Crippen molar-refractivity contribution in [2.24, 2.45) is 29.6 Å². The van der Waals surface area contributed by atoms with Gasteiger partial charge in [0.2, 0.25) is 0 Å². The van der Waals surface area contributed by atoms with E-state index in [1.807, 2.05) is 0 Å². The molecule has 7 atom stereocenters. The van der Waals surface area contributed by atoms with E-state index < -0.39 is 0 Å². The molecule has 5 rings (SSSR count). The number of fused-ring (bicyclic) bond motifs is 8. The Hall–Kier alpha value is -0.350. The fourth-order valence-electron chi connectivity index (χ4n) is 5.54. The summed E-state index contributed by atoms with van der Waals surface area (Å²) in [6.07, 6.45) is 6.34. The number of rotatable bonds is 1. The number of hydrogen-bond acceptors (Lipinski definition) is 0. The highest BCUT2D eigenvalue weighted by Crippen LogP contribution is 2.76. The van der Waals surface area contributed by atoms with E-state index >= 15 is 0 Å². The van der Waals surface area contributed by atoms with Gasteiger partial charge in [0.15, 0.2) is 0 Å². The molecule has 1 saturated heterocycles. The minimum Gasteiger partial charge on any atom is -0.0715 e. The van der Waals surface area contributed by atoms with Gasteiger partial charge >= 0.3 is 0 Å². The molecule has 4 fully saturated rings. The third-order valence-electron chi connectivity index (χ3n) is 6.11. The second kappa shape index (κ2) is 3.15. The van der Waals surface area contributed by atoms with Crippen molar-refractivity contribution in [3.05, 3.63) is 30.3 Å². The van der Waals surface area contributed by atoms with Crippen LogP contribution < -0.4 is 5.30 Å². The van der Waals surface area contributed by atoms with Gasteiger partial charge in [0.1, 0.15) is 0 Å². The second-order valence-corrected chi connectivity index (χ2v) is 9.10. The quantitative estimate of drug-likeness (QED) is 0.661. The molecule has 0 spiro atoms. The molecule has 0 amide bonds. The highest BCUT2D eigenvalue weighted by molar-refractivity contribution is 7.66. The first-order valence-corrected chi connectivity index (χ1v) is 8.85. The summed E-state index contributed by atoms with van der Waals surface area (Å²) in [5.41, 5.74) is 1.14. The Kier molecular flexibility index (Phi) is 1.77. The SMILES string of the molecule is c1ccc(P2CCC3C4CC(C5CC45)C32)cc1. The Morgan fingerprint density at radius 2 is 1.53 bits per heavy atom. The van der Waals surface area contributed by atoms with Gasteiger partial charge in [-0.25, -0.2) is 0 Å². The van der Waals surface area contributed by atoms with Gasteiger partial charge in [-0.05, 0) is 66.0 Å². The molecule has 1 aromatic carbocycles. The van der Waals surface area contributed by atoms with Gasteiger partial charge in [-0.1, -0.05) is 38.3 Å². The van der Waals surface area contributed by atoms with Crippen LogP contribution >= 0.6 is 7.92 Å². The van der Waals surface area contributed by atoms with E-state index in [0.717, 1.165) is 17.5 Å². The van der Waals surface area contributed by atoms with Crippen LogP contribution in [0.5, 0.6) is 0 Å². The highest BCUT2D eigenvalue weighted by Gasteiger charge is 2.67. The Morgan fingerprint density at radius 1 is 0.824 bits per heavy atom. The van der Waals surface area contributed by atoms with Gasteiger partial charge in [0.05, 0.1) is 0 Å². The molecule has 7 unspecified atom stereocenters. The second-order valence-electron chi connectivity index (χ2n) is 6.60. The Morgan fingerprint density at radius 3 is 2.41 bits per heavy atom. The maximum absolute atomic E-state index is 2.41. The van der Waals surface area contributed by atoms with Gasteiger partial charge in [-0.2, -0.15) is 0 Å². The monoisotopic (exact) mass is 242 g/mol. The van der Waals surface area contributed by atoms with E-state index in [2.05, 4.69) is 30.3 Å². The number of benzene rings is 1. The first-order valence-electron chi connectivity index (χ1n) is 7.25. The maximum Gasteiger partial charge on any atom is -0.0107 e. The molecule has 88 valence electrons. The van der Waals surface area contributed by atoms with Crippen molar-refractivity contribution >= 4 is 13.2 Å². The molecule has 2 bridgehead atoms. The van der Waals surface area contributed by atoms with E-state index in [4.69, 9.17) is 0 Å². The summed E-state index contributed by atoms with van der Waals surface area (Å²) in [6.45, 7) is 0. The zero-order valence-corrected chi connectivity index (χ0v) is 11.0. The minimum atomic E-state index is 0.205. The predicted octanol–water partition coefficient (Wildman–Crippen LogP) is 3.47. The lowest BCUT2D eigenvalue weighted by molar-refractivity contribution is 0.330. The molecule has 0 aromatic heterocycles. The van der Waals surface area contributed by atoms with E-state index in [9.17, 15) is 0 Å². The number of hydrogen-bond donors (Lipinski definition) is 0. The molecule has 0 nitrogen and oxygen atoms in total. The highest BCUT2D eigenvalue weighted by atomic mass is 31.1. The topological polar surface area (TPSA) is 0 Å². The molecular weight excluding hydrogens is 223 g/mol. The van der Waals surface area contributed by atoms with E-state index in [1.165, 1.54) is 17.8 Å². The summed E-state index contributed by atoms with van der Waals surface area (Å²) in [6, 6.07) is 11.5. The molecule has 3 aliphatic carbocycles. The van der Waals surface area contributed by atoms with Crippen molar-refractivity contribution in [3.8, 4) is 0 Å². The first kappa shape index (κ1) is 9.56. The third-order valence-corrected chi connectivity index (χ3v) is 9.30. The molecule has 1 aromatic rings. The van der Waals surface area contributed by atoms with E-state index in [0.29, 0.717) is 0 Å². The largest absolute Gasteiger partial charge is 0.0715 e. The fraction of sp³-hybridized carbons (Fsp3) is 0.625. The molecular formula is C16H19P. The fourth-order valence-corrected chi connectivity index (χ4v) is 9.21.